The van der Waals surface area contributed by atoms with Gasteiger partial charge in [-0.15, -0.1) is 0 Å². The molecule has 1 heterocycles. The lowest BCUT2D eigenvalue weighted by molar-refractivity contribution is -0.192. The number of halogens is 4. The number of carboxylic acids is 1. The van der Waals surface area contributed by atoms with Gasteiger partial charge in [-0.2, -0.15) is 13.2 Å². The number of ether oxygens (including phenoxy) is 1. The maximum atomic E-state index is 12.9. The predicted molar refractivity (Wildman–Crippen MR) is 109 cm³/mol. The molecule has 168 valence electrons. The van der Waals surface area contributed by atoms with Crippen molar-refractivity contribution in [1.82, 2.24) is 9.29 Å². The number of hydrogen-bond donors (Lipinski definition) is 2. The minimum atomic E-state index is -5.08. The average molecular weight is 479 g/mol. The van der Waals surface area contributed by atoms with Crippen LogP contribution in [0.3, 0.4) is 0 Å². The van der Waals surface area contributed by atoms with Crippen LogP contribution in [0.1, 0.15) is 5.56 Å². The van der Waals surface area contributed by atoms with Crippen LogP contribution >= 0.6 is 11.6 Å². The summed E-state index contributed by atoms with van der Waals surface area (Å²) in [4.78, 5) is 9.11. The molecule has 0 aliphatic heterocycles. The van der Waals surface area contributed by atoms with E-state index < -0.39 is 22.2 Å². The molecule has 12 heteroatoms. The van der Waals surface area contributed by atoms with Gasteiger partial charge in [0, 0.05) is 23.7 Å². The van der Waals surface area contributed by atoms with Gasteiger partial charge >= 0.3 is 12.1 Å². The summed E-state index contributed by atoms with van der Waals surface area (Å²) in [6, 6.07) is 11.7. The Hall–Kier alpha value is -2.76. The van der Waals surface area contributed by atoms with Gasteiger partial charge in [-0.05, 0) is 31.3 Å². The van der Waals surface area contributed by atoms with Crippen molar-refractivity contribution in [3.8, 4) is 5.75 Å². The van der Waals surface area contributed by atoms with E-state index >= 15 is 0 Å². The summed E-state index contributed by atoms with van der Waals surface area (Å²) in [5.41, 5.74) is 1.35. The lowest BCUT2D eigenvalue weighted by Gasteiger charge is -2.12. The lowest BCUT2D eigenvalue weighted by atomic mass is 10.1. The van der Waals surface area contributed by atoms with Crippen LogP contribution < -0.4 is 10.1 Å². The second-order valence-electron chi connectivity index (χ2n) is 6.06. The van der Waals surface area contributed by atoms with Crippen LogP contribution in [0.4, 0.5) is 13.2 Å². The van der Waals surface area contributed by atoms with Crippen LogP contribution in [0.25, 0.3) is 10.9 Å². The Balaban J connectivity index is 0.000000423. The van der Waals surface area contributed by atoms with Crippen molar-refractivity contribution < 1.29 is 36.2 Å². The van der Waals surface area contributed by atoms with Crippen molar-refractivity contribution in [3.63, 3.8) is 0 Å². The van der Waals surface area contributed by atoms with Crippen molar-refractivity contribution in [3.05, 3.63) is 59.2 Å². The van der Waals surface area contributed by atoms with Crippen LogP contribution in [-0.4, -0.2) is 43.8 Å². The number of aliphatic carboxylic acids is 1. The molecule has 31 heavy (non-hydrogen) atoms. The number of nitrogens with zero attached hydrogens (tertiary/aromatic N) is 1. The van der Waals surface area contributed by atoms with Crippen molar-refractivity contribution in [2.75, 3.05) is 14.2 Å². The van der Waals surface area contributed by atoms with Crippen LogP contribution in [-0.2, 0) is 21.4 Å². The van der Waals surface area contributed by atoms with Crippen LogP contribution in [0.5, 0.6) is 5.75 Å². The number of carboxylic acid groups (broad SMARTS) is 1. The van der Waals surface area contributed by atoms with Crippen molar-refractivity contribution in [2.24, 2.45) is 0 Å². The van der Waals surface area contributed by atoms with E-state index in [0.717, 1.165) is 5.56 Å². The summed E-state index contributed by atoms with van der Waals surface area (Å²) in [6.45, 7) is 0.510. The maximum Gasteiger partial charge on any atom is 0.490 e. The van der Waals surface area contributed by atoms with E-state index in [0.29, 0.717) is 28.2 Å². The molecule has 0 fully saturated rings. The Bertz CT molecular complexity index is 1180. The molecule has 0 spiro atoms. The summed E-state index contributed by atoms with van der Waals surface area (Å²) in [6.07, 6.45) is -3.65. The minimum Gasteiger partial charge on any atom is -0.496 e. The summed E-state index contributed by atoms with van der Waals surface area (Å²) in [5, 5.41) is 11.2. The van der Waals surface area contributed by atoms with Gasteiger partial charge in [0.1, 0.15) is 5.75 Å². The molecule has 0 saturated carbocycles. The lowest BCUT2D eigenvalue weighted by Crippen LogP contribution is -2.21. The minimum absolute atomic E-state index is 0.213. The Morgan fingerprint density at radius 2 is 1.77 bits per heavy atom. The first kappa shape index (κ1) is 24.5. The zero-order valence-corrected chi connectivity index (χ0v) is 17.8. The van der Waals surface area contributed by atoms with E-state index in [-0.39, 0.29) is 4.90 Å². The number of alkyl halides is 3. The molecule has 0 radical (unpaired) electrons. The number of hydrogen-bond acceptors (Lipinski definition) is 5. The first-order valence-corrected chi connectivity index (χ1v) is 10.4. The largest absolute Gasteiger partial charge is 0.496 e. The topological polar surface area (TPSA) is 97.6 Å². The molecule has 0 saturated heterocycles. The van der Waals surface area contributed by atoms with Crippen LogP contribution in [0.2, 0.25) is 5.02 Å². The fraction of sp³-hybridized carbons (Fsp3) is 0.211. The Labute approximate surface area is 181 Å². The third-order valence-corrected chi connectivity index (χ3v) is 6.05. The fourth-order valence-corrected chi connectivity index (χ4v) is 4.50. The molecule has 0 amide bonds. The molecular weight excluding hydrogens is 461 g/mol. The molecule has 0 aliphatic carbocycles. The van der Waals surface area contributed by atoms with Gasteiger partial charge in [-0.25, -0.2) is 17.2 Å². The van der Waals surface area contributed by atoms with Gasteiger partial charge in [-0.1, -0.05) is 29.8 Å². The summed E-state index contributed by atoms with van der Waals surface area (Å²) in [5.74, 6) is -2.10. The van der Waals surface area contributed by atoms with E-state index in [9.17, 15) is 21.6 Å². The third kappa shape index (κ3) is 5.30. The molecule has 3 aromatic rings. The Morgan fingerprint density at radius 3 is 2.26 bits per heavy atom. The first-order valence-electron chi connectivity index (χ1n) is 8.57. The highest BCUT2D eigenvalue weighted by Gasteiger charge is 2.38. The van der Waals surface area contributed by atoms with Gasteiger partial charge in [0.25, 0.3) is 10.0 Å². The van der Waals surface area contributed by atoms with E-state index in [1.54, 1.807) is 49.6 Å². The second kappa shape index (κ2) is 9.58. The first-order chi connectivity index (χ1) is 14.4. The van der Waals surface area contributed by atoms with Gasteiger partial charge in [0.2, 0.25) is 0 Å². The summed E-state index contributed by atoms with van der Waals surface area (Å²) in [7, 11) is -0.340. The molecule has 7 nitrogen and oxygen atoms in total. The second-order valence-corrected chi connectivity index (χ2v) is 8.29. The van der Waals surface area contributed by atoms with E-state index in [2.05, 4.69) is 5.32 Å². The smallest absolute Gasteiger partial charge is 0.490 e. The third-order valence-electron chi connectivity index (χ3n) is 4.07. The molecule has 2 aromatic carbocycles. The average Bonchev–Trinajstić information content (AvgIpc) is 3.06. The number of carbonyl (C=O) groups is 1. The molecule has 1 aromatic heterocycles. The predicted octanol–water partition coefficient (Wildman–Crippen LogP) is 3.89. The van der Waals surface area contributed by atoms with Gasteiger partial charge in [-0.3, -0.25) is 0 Å². The van der Waals surface area contributed by atoms with Crippen LogP contribution in [0, 0.1) is 0 Å². The molecule has 2 N–H and O–H groups in total. The number of benzene rings is 2. The molecule has 0 bridgehead atoms. The number of rotatable bonds is 5. The maximum absolute atomic E-state index is 12.9. The highest BCUT2D eigenvalue weighted by Crippen LogP contribution is 2.36. The Kier molecular flexibility index (Phi) is 7.58. The molecule has 3 rings (SSSR count). The summed E-state index contributed by atoms with van der Waals surface area (Å²) >= 11 is 6.37. The van der Waals surface area contributed by atoms with Crippen molar-refractivity contribution >= 4 is 38.5 Å². The van der Waals surface area contributed by atoms with Gasteiger partial charge < -0.3 is 15.2 Å². The van der Waals surface area contributed by atoms with E-state index in [1.165, 1.54) is 10.2 Å². The summed E-state index contributed by atoms with van der Waals surface area (Å²) < 4.78 is 64.2. The fourth-order valence-electron chi connectivity index (χ4n) is 2.75. The van der Waals surface area contributed by atoms with E-state index in [1.807, 2.05) is 7.05 Å². The highest BCUT2D eigenvalue weighted by molar-refractivity contribution is 7.90. The normalized spacial score (nSPS) is 11.7. The quantitative estimate of drug-likeness (QED) is 0.577. The van der Waals surface area contributed by atoms with Crippen molar-refractivity contribution in [1.29, 1.82) is 0 Å². The molecule has 0 aliphatic rings. The number of nitrogens with one attached hydrogen (secondary N) is 1. The van der Waals surface area contributed by atoms with Gasteiger partial charge in [0.05, 0.1) is 22.5 Å². The highest BCUT2D eigenvalue weighted by atomic mass is 35.5. The number of aromatic nitrogens is 1. The number of methoxy groups -OCH3 is 1. The molecule has 0 atom stereocenters. The van der Waals surface area contributed by atoms with Crippen LogP contribution in [0.15, 0.2) is 53.6 Å². The Morgan fingerprint density at radius 1 is 1.19 bits per heavy atom. The molecule has 0 unspecified atom stereocenters. The van der Waals surface area contributed by atoms with Crippen molar-refractivity contribution in [2.45, 2.75) is 17.6 Å². The van der Waals surface area contributed by atoms with E-state index in [4.69, 9.17) is 26.2 Å². The monoisotopic (exact) mass is 478 g/mol. The molecular formula is C19H18ClF3N2O5S. The SMILES string of the molecule is CNCc1c(OC)ccc2c1c(Cl)cn2S(=O)(=O)c1ccccc1.O=C(O)C(F)(F)F. The zero-order chi connectivity index (χ0) is 23.4. The van der Waals surface area contributed by atoms with Gasteiger partial charge in [0.15, 0.2) is 0 Å². The standard InChI is InChI=1S/C17H17ClN2O3S.C2HF3O2/c1-19-10-13-16(23-2)9-8-15-17(13)14(18)11-20(15)24(21,22)12-6-4-3-5-7-12;3-2(4,5)1(6)7/h3-9,11,19H,10H2,1-2H3;(H,6,7). The number of fused-ring (bicyclic) bond motifs is 1. The zero-order valence-electron chi connectivity index (χ0n) is 16.3.